The summed E-state index contributed by atoms with van der Waals surface area (Å²) >= 11 is 0. The lowest BCUT2D eigenvalue weighted by atomic mass is 10.0. The summed E-state index contributed by atoms with van der Waals surface area (Å²) in [5, 5.41) is 0. The van der Waals surface area contributed by atoms with Crippen LogP contribution in [-0.4, -0.2) is 25.2 Å². The predicted molar refractivity (Wildman–Crippen MR) is 186 cm³/mol. The predicted octanol–water partition coefficient (Wildman–Crippen LogP) is 10.2. The third kappa shape index (κ3) is 12.8. The number of ether oxygens (including phenoxy) is 2. The van der Waals surface area contributed by atoms with E-state index in [2.05, 4.69) is 85.5 Å². The first-order valence-electron chi connectivity index (χ1n) is 16.6. The third-order valence-corrected chi connectivity index (χ3v) is 7.95. The molecule has 5 heteroatoms. The van der Waals surface area contributed by atoms with Gasteiger partial charge in [0.2, 0.25) is 0 Å². The number of hydrogen-bond acceptors (Lipinski definition) is 5. The van der Waals surface area contributed by atoms with Gasteiger partial charge in [-0.2, -0.15) is 0 Å². The molecule has 3 aromatic rings. The van der Waals surface area contributed by atoms with Crippen molar-refractivity contribution in [3.63, 3.8) is 0 Å². The summed E-state index contributed by atoms with van der Waals surface area (Å²) < 4.78 is 10.4. The monoisotopic (exact) mass is 609 g/mol. The Morgan fingerprint density at radius 3 is 1.40 bits per heavy atom. The first-order valence-corrected chi connectivity index (χ1v) is 16.6. The molecule has 0 unspecified atom stereocenters. The fourth-order valence-corrected chi connectivity index (χ4v) is 5.22. The zero-order valence-electron chi connectivity index (χ0n) is 27.7. The summed E-state index contributed by atoms with van der Waals surface area (Å²) in [6.07, 6.45) is 16.8. The molecule has 0 atom stereocenters. The molecule has 3 rings (SSSR count). The van der Waals surface area contributed by atoms with Crippen LogP contribution in [0.4, 0.5) is 17.1 Å². The fourth-order valence-electron chi connectivity index (χ4n) is 5.22. The van der Waals surface area contributed by atoms with Crippen LogP contribution in [0.25, 0.3) is 0 Å². The Balaban J connectivity index is 1.55. The average molecular weight is 610 g/mol. The minimum absolute atomic E-state index is 0.256. The van der Waals surface area contributed by atoms with E-state index in [1.54, 1.807) is 12.2 Å². The number of benzene rings is 3. The minimum atomic E-state index is -0.256. The molecule has 45 heavy (non-hydrogen) atoms. The molecule has 0 radical (unpaired) electrons. The van der Waals surface area contributed by atoms with Crippen LogP contribution >= 0.6 is 0 Å². The molecule has 0 fully saturated rings. The van der Waals surface area contributed by atoms with E-state index in [9.17, 15) is 9.59 Å². The zero-order valence-corrected chi connectivity index (χ0v) is 27.7. The summed E-state index contributed by atoms with van der Waals surface area (Å²) in [5.41, 5.74) is 8.69. The lowest BCUT2D eigenvalue weighted by Crippen LogP contribution is -2.10. The van der Waals surface area contributed by atoms with Crippen molar-refractivity contribution >= 4 is 29.0 Å². The first kappa shape index (κ1) is 35.4. The van der Waals surface area contributed by atoms with Crippen molar-refractivity contribution in [1.82, 2.24) is 0 Å². The van der Waals surface area contributed by atoms with Crippen LogP contribution in [0.15, 0.2) is 91.0 Å². The van der Waals surface area contributed by atoms with E-state index in [-0.39, 0.29) is 11.9 Å². The maximum Gasteiger partial charge on any atom is 0.330 e. The van der Waals surface area contributed by atoms with Gasteiger partial charge >= 0.3 is 11.9 Å². The highest BCUT2D eigenvalue weighted by atomic mass is 16.5. The number of anilines is 3. The molecule has 0 saturated heterocycles. The molecule has 5 nitrogen and oxygen atoms in total. The van der Waals surface area contributed by atoms with E-state index in [0.29, 0.717) is 13.2 Å². The number of carbonyl (C=O) groups excluding carboxylic acids is 2. The SMILES string of the molecule is CC=CC(=O)OCCCCCCc1ccc(N(c2ccc(CCCCCCOC(=O)C=CC)cc2)c2ccc(C)c(C)c2)cc1. The molecule has 0 aliphatic carbocycles. The lowest BCUT2D eigenvalue weighted by Gasteiger charge is -2.26. The van der Waals surface area contributed by atoms with Gasteiger partial charge in [0.15, 0.2) is 0 Å². The van der Waals surface area contributed by atoms with Crippen molar-refractivity contribution in [2.75, 3.05) is 18.1 Å². The van der Waals surface area contributed by atoms with Gasteiger partial charge in [0, 0.05) is 29.2 Å². The zero-order chi connectivity index (χ0) is 32.3. The summed E-state index contributed by atoms with van der Waals surface area (Å²) in [6.45, 7) is 8.93. The quantitative estimate of drug-likeness (QED) is 0.0769. The molecule has 3 aromatic carbocycles. The highest BCUT2D eigenvalue weighted by molar-refractivity contribution is 5.82. The number of hydrogen-bond donors (Lipinski definition) is 0. The van der Waals surface area contributed by atoms with Crippen LogP contribution in [0.5, 0.6) is 0 Å². The van der Waals surface area contributed by atoms with Crippen LogP contribution in [0, 0.1) is 13.8 Å². The topological polar surface area (TPSA) is 55.8 Å². The van der Waals surface area contributed by atoms with Gasteiger partial charge in [-0.25, -0.2) is 9.59 Å². The van der Waals surface area contributed by atoms with Gasteiger partial charge < -0.3 is 14.4 Å². The van der Waals surface area contributed by atoms with Gasteiger partial charge in [0.25, 0.3) is 0 Å². The Labute approximate surface area is 271 Å². The second-order valence-corrected chi connectivity index (χ2v) is 11.6. The number of nitrogens with zero attached hydrogens (tertiary/aromatic N) is 1. The summed E-state index contributed by atoms with van der Waals surface area (Å²) in [6, 6.07) is 24.6. The van der Waals surface area contributed by atoms with Crippen molar-refractivity contribution in [2.45, 2.75) is 91.9 Å². The van der Waals surface area contributed by atoms with E-state index < -0.39 is 0 Å². The standard InChI is InChI=1S/C40H51NO4/c1-5-15-39(42)44-29-13-9-7-11-17-34-20-25-36(26-21-34)41(38-24-19-32(3)33(4)31-38)37-27-22-35(23-28-37)18-12-8-10-14-30-45-40(43)16-6-2/h5-6,15-16,19-28,31H,7-14,17-18,29-30H2,1-4H3. The molecule has 0 aliphatic heterocycles. The lowest BCUT2D eigenvalue weighted by molar-refractivity contribution is -0.138. The highest BCUT2D eigenvalue weighted by Crippen LogP contribution is 2.36. The van der Waals surface area contributed by atoms with Gasteiger partial charge in [-0.15, -0.1) is 0 Å². The molecular formula is C40H51NO4. The summed E-state index contributed by atoms with van der Waals surface area (Å²) in [4.78, 5) is 25.1. The Kier molecular flexibility index (Phi) is 15.7. The average Bonchev–Trinajstić information content (AvgIpc) is 3.03. The van der Waals surface area contributed by atoms with Crippen LogP contribution in [0.2, 0.25) is 0 Å². The Morgan fingerprint density at radius 2 is 0.978 bits per heavy atom. The molecule has 0 amide bonds. The Bertz CT molecular complexity index is 1290. The van der Waals surface area contributed by atoms with Crippen molar-refractivity contribution in [3.8, 4) is 0 Å². The van der Waals surface area contributed by atoms with Crippen molar-refractivity contribution in [2.24, 2.45) is 0 Å². The number of esters is 2. The fraction of sp³-hybridized carbons (Fsp3) is 0.400. The van der Waals surface area contributed by atoms with Crippen LogP contribution in [0.1, 0.15) is 87.5 Å². The minimum Gasteiger partial charge on any atom is -0.463 e. The molecule has 0 bridgehead atoms. The smallest absolute Gasteiger partial charge is 0.330 e. The van der Waals surface area contributed by atoms with Gasteiger partial charge in [-0.05, 0) is 125 Å². The second-order valence-electron chi connectivity index (χ2n) is 11.6. The summed E-state index contributed by atoms with van der Waals surface area (Å²) in [5.74, 6) is -0.512. The molecule has 0 spiro atoms. The molecule has 0 aliphatic rings. The van der Waals surface area contributed by atoms with Crippen LogP contribution in [-0.2, 0) is 31.9 Å². The van der Waals surface area contributed by atoms with Crippen LogP contribution in [0.3, 0.4) is 0 Å². The summed E-state index contributed by atoms with van der Waals surface area (Å²) in [7, 11) is 0. The number of aryl methyl sites for hydroxylation is 4. The second kappa shape index (κ2) is 20.0. The van der Waals surface area contributed by atoms with Crippen LogP contribution < -0.4 is 4.90 Å². The Morgan fingerprint density at radius 1 is 0.556 bits per heavy atom. The van der Waals surface area contributed by atoms with Gasteiger partial charge in [-0.3, -0.25) is 0 Å². The molecule has 240 valence electrons. The molecular weight excluding hydrogens is 558 g/mol. The molecule has 0 N–H and O–H groups in total. The number of unbranched alkanes of at least 4 members (excludes halogenated alkanes) is 6. The van der Waals surface area contributed by atoms with E-state index in [1.807, 2.05) is 13.8 Å². The molecule has 0 heterocycles. The van der Waals surface area contributed by atoms with Crippen molar-refractivity contribution in [1.29, 1.82) is 0 Å². The molecule has 0 saturated carbocycles. The maximum atomic E-state index is 11.4. The first-order chi connectivity index (χ1) is 21.9. The van der Waals surface area contributed by atoms with Gasteiger partial charge in [0.1, 0.15) is 0 Å². The van der Waals surface area contributed by atoms with E-state index >= 15 is 0 Å². The number of allylic oxidation sites excluding steroid dienone is 2. The largest absolute Gasteiger partial charge is 0.463 e. The highest BCUT2D eigenvalue weighted by Gasteiger charge is 2.13. The third-order valence-electron chi connectivity index (χ3n) is 7.95. The Hall–Kier alpha value is -4.12. The molecule has 0 aromatic heterocycles. The maximum absolute atomic E-state index is 11.4. The number of rotatable bonds is 19. The van der Waals surface area contributed by atoms with E-state index in [1.165, 1.54) is 34.4 Å². The number of carbonyl (C=O) groups is 2. The van der Waals surface area contributed by atoms with Gasteiger partial charge in [-0.1, -0.05) is 68.2 Å². The normalized spacial score (nSPS) is 11.3. The van der Waals surface area contributed by atoms with Crippen molar-refractivity contribution < 1.29 is 19.1 Å². The van der Waals surface area contributed by atoms with Crippen molar-refractivity contribution in [3.05, 3.63) is 113 Å². The van der Waals surface area contributed by atoms with Gasteiger partial charge in [0.05, 0.1) is 13.2 Å². The van der Waals surface area contributed by atoms with E-state index in [4.69, 9.17) is 9.47 Å². The van der Waals surface area contributed by atoms with E-state index in [0.717, 1.165) is 81.3 Å².